The number of carbonyl (C=O) groups excluding carboxylic acids is 2. The summed E-state index contributed by atoms with van der Waals surface area (Å²) in [7, 11) is 1.38. The van der Waals surface area contributed by atoms with Gasteiger partial charge in [-0.15, -0.1) is 11.8 Å². The Hall–Kier alpha value is -2.23. The van der Waals surface area contributed by atoms with Gasteiger partial charge in [0.1, 0.15) is 13.2 Å². The Balaban J connectivity index is 1.36. The molecule has 1 amide bonds. The fourth-order valence-corrected chi connectivity index (χ4v) is 5.01. The number of ether oxygens (including phenoxy) is 3. The van der Waals surface area contributed by atoms with Gasteiger partial charge in [0.05, 0.1) is 19.2 Å². The zero-order valence-electron chi connectivity index (χ0n) is 20.3. The molecular formula is C24H37N3O8. The summed E-state index contributed by atoms with van der Waals surface area (Å²) >= 11 is 0. The van der Waals surface area contributed by atoms with Crippen LogP contribution in [0.3, 0.4) is 0 Å². The van der Waals surface area contributed by atoms with Crippen molar-refractivity contribution < 1.29 is 38.8 Å². The standard InChI is InChI=1S/C24H37N3O8/c1-33-16-23(31)34-14-17-12-27(11-10-26(17)13-22(29)30)21(28)8-9-25-24(32)35-15-20-18-6-4-2-3-5-7-19(18)20/h17-20,24-25,32H,4-16H2,1H3,(H,29,30)/t17?,18-,19+,20-,24?. The van der Waals surface area contributed by atoms with E-state index >= 15 is 0 Å². The van der Waals surface area contributed by atoms with Crippen molar-refractivity contribution in [2.45, 2.75) is 44.6 Å². The number of carbonyl (C=O) groups is 3. The van der Waals surface area contributed by atoms with Gasteiger partial charge in [-0.1, -0.05) is 0 Å². The van der Waals surface area contributed by atoms with E-state index < -0.39 is 24.4 Å². The monoisotopic (exact) mass is 495 g/mol. The van der Waals surface area contributed by atoms with Gasteiger partial charge in [-0.2, -0.15) is 0 Å². The number of aliphatic hydroxyl groups excluding tert-OH is 1. The van der Waals surface area contributed by atoms with E-state index in [2.05, 4.69) is 17.2 Å². The summed E-state index contributed by atoms with van der Waals surface area (Å²) in [5, 5.41) is 22.1. The summed E-state index contributed by atoms with van der Waals surface area (Å²) in [6, 6.07) is -0.424. The molecule has 0 aromatic rings. The fraction of sp³-hybridized carbons (Fsp3) is 0.792. The van der Waals surface area contributed by atoms with Crippen LogP contribution in [0.2, 0.25) is 0 Å². The molecule has 1 heterocycles. The molecule has 5 atom stereocenters. The Morgan fingerprint density at radius 2 is 1.83 bits per heavy atom. The van der Waals surface area contributed by atoms with Crippen molar-refractivity contribution in [1.29, 1.82) is 0 Å². The lowest BCUT2D eigenvalue weighted by Gasteiger charge is -2.40. The summed E-state index contributed by atoms with van der Waals surface area (Å²) in [6.07, 6.45) is 3.07. The first-order chi connectivity index (χ1) is 16.9. The van der Waals surface area contributed by atoms with Crippen LogP contribution in [0.4, 0.5) is 0 Å². The predicted octanol–water partition coefficient (Wildman–Crippen LogP) is -0.515. The summed E-state index contributed by atoms with van der Waals surface area (Å²) in [4.78, 5) is 38.8. The van der Waals surface area contributed by atoms with Gasteiger partial charge in [0.15, 0.2) is 0 Å². The first-order valence-corrected chi connectivity index (χ1v) is 12.3. The predicted molar refractivity (Wildman–Crippen MR) is 124 cm³/mol. The van der Waals surface area contributed by atoms with Gasteiger partial charge in [0, 0.05) is 52.6 Å². The highest BCUT2D eigenvalue weighted by atomic mass is 16.6. The number of methoxy groups -OCH3 is 1. The van der Waals surface area contributed by atoms with Crippen LogP contribution >= 0.6 is 0 Å². The molecule has 2 aliphatic carbocycles. The quantitative estimate of drug-likeness (QED) is 0.174. The zero-order valence-corrected chi connectivity index (χ0v) is 20.3. The van der Waals surface area contributed by atoms with Crippen molar-refractivity contribution in [2.24, 2.45) is 17.8 Å². The smallest absolute Gasteiger partial charge is 0.332 e. The third-order valence-corrected chi connectivity index (χ3v) is 6.94. The number of aliphatic hydroxyl groups is 1. The number of amides is 1. The van der Waals surface area contributed by atoms with Crippen molar-refractivity contribution in [3.63, 3.8) is 0 Å². The molecule has 3 aliphatic rings. The van der Waals surface area contributed by atoms with E-state index in [1.54, 1.807) is 9.80 Å². The average Bonchev–Trinajstić information content (AvgIpc) is 3.45. The summed E-state index contributed by atoms with van der Waals surface area (Å²) in [5.41, 5.74) is 0. The van der Waals surface area contributed by atoms with Gasteiger partial charge in [-0.25, -0.2) is 4.79 Å². The Labute approximate surface area is 206 Å². The summed E-state index contributed by atoms with van der Waals surface area (Å²) in [6.45, 7) is 1.30. The minimum Gasteiger partial charge on any atom is -0.480 e. The number of piperazine rings is 1. The first-order valence-electron chi connectivity index (χ1n) is 12.3. The number of hydrogen-bond acceptors (Lipinski definition) is 9. The van der Waals surface area contributed by atoms with Gasteiger partial charge < -0.3 is 29.3 Å². The number of hydrogen-bond donors (Lipinski definition) is 3. The van der Waals surface area contributed by atoms with E-state index in [-0.39, 0.29) is 45.2 Å². The molecule has 1 saturated carbocycles. The lowest BCUT2D eigenvalue weighted by atomic mass is 10.1. The van der Waals surface area contributed by atoms with Crippen LogP contribution in [-0.2, 0) is 28.6 Å². The largest absolute Gasteiger partial charge is 0.480 e. The highest BCUT2D eigenvalue weighted by Crippen LogP contribution is 2.52. The number of esters is 1. The van der Waals surface area contributed by atoms with Crippen LogP contribution in [0.15, 0.2) is 0 Å². The van der Waals surface area contributed by atoms with Crippen LogP contribution in [-0.4, -0.2) is 110 Å². The molecule has 11 nitrogen and oxygen atoms in total. The maximum atomic E-state index is 12.7. The van der Waals surface area contributed by atoms with Gasteiger partial charge >= 0.3 is 11.9 Å². The molecular weight excluding hydrogens is 458 g/mol. The normalized spacial score (nSPS) is 27.0. The molecule has 2 unspecified atom stereocenters. The number of fused-ring (bicyclic) bond motifs is 1. The molecule has 2 fully saturated rings. The number of rotatable bonds is 13. The SMILES string of the molecule is COCC(=O)OCC1CN(C(=O)CCNC(O)OC[C@@H]2[C@@H]3CCC#CCC[C@@H]32)CCN1CC(=O)O. The van der Waals surface area contributed by atoms with E-state index in [9.17, 15) is 19.5 Å². The Morgan fingerprint density at radius 3 is 2.49 bits per heavy atom. The van der Waals surface area contributed by atoms with Crippen molar-refractivity contribution >= 4 is 17.8 Å². The second-order valence-corrected chi connectivity index (χ2v) is 9.29. The number of nitrogens with zero attached hydrogens (tertiary/aromatic N) is 2. The fourth-order valence-electron chi connectivity index (χ4n) is 5.01. The Morgan fingerprint density at radius 1 is 1.11 bits per heavy atom. The van der Waals surface area contributed by atoms with E-state index in [1.165, 1.54) is 7.11 Å². The second-order valence-electron chi connectivity index (χ2n) is 9.29. The minimum absolute atomic E-state index is 0.0284. The van der Waals surface area contributed by atoms with E-state index in [1.807, 2.05) is 0 Å². The molecule has 0 aromatic heterocycles. The molecule has 0 aromatic carbocycles. The van der Waals surface area contributed by atoms with E-state index in [0.29, 0.717) is 37.5 Å². The van der Waals surface area contributed by atoms with E-state index in [4.69, 9.17) is 19.3 Å². The molecule has 196 valence electrons. The van der Waals surface area contributed by atoms with Crippen LogP contribution in [0.25, 0.3) is 0 Å². The van der Waals surface area contributed by atoms with Crippen LogP contribution in [0.1, 0.15) is 32.1 Å². The third-order valence-electron chi connectivity index (χ3n) is 6.94. The first kappa shape index (κ1) is 27.4. The topological polar surface area (TPSA) is 138 Å². The zero-order chi connectivity index (χ0) is 25.2. The van der Waals surface area contributed by atoms with Crippen molar-refractivity contribution in [2.75, 3.05) is 59.7 Å². The van der Waals surface area contributed by atoms with Gasteiger partial charge in [0.25, 0.3) is 0 Å². The molecule has 0 bridgehead atoms. The summed E-state index contributed by atoms with van der Waals surface area (Å²) < 4.78 is 15.5. The Kier molecular flexibility index (Phi) is 10.7. The molecule has 1 aliphatic heterocycles. The number of nitrogens with one attached hydrogen (secondary N) is 1. The molecule has 35 heavy (non-hydrogen) atoms. The molecule has 3 rings (SSSR count). The van der Waals surface area contributed by atoms with Gasteiger partial charge in [0.2, 0.25) is 12.3 Å². The van der Waals surface area contributed by atoms with Gasteiger partial charge in [-0.3, -0.25) is 19.8 Å². The highest BCUT2D eigenvalue weighted by Gasteiger charge is 2.48. The van der Waals surface area contributed by atoms with Crippen molar-refractivity contribution in [1.82, 2.24) is 15.1 Å². The number of aliphatic carboxylic acids is 1. The summed E-state index contributed by atoms with van der Waals surface area (Å²) in [5.74, 6) is 6.44. The van der Waals surface area contributed by atoms with Gasteiger partial charge in [-0.05, 0) is 30.6 Å². The molecule has 1 saturated heterocycles. The van der Waals surface area contributed by atoms with Crippen molar-refractivity contribution in [3.05, 3.63) is 0 Å². The lowest BCUT2D eigenvalue weighted by Crippen LogP contribution is -2.57. The average molecular weight is 496 g/mol. The van der Waals surface area contributed by atoms with Crippen LogP contribution < -0.4 is 5.32 Å². The third kappa shape index (κ3) is 8.74. The number of carboxylic acid groups (broad SMARTS) is 1. The van der Waals surface area contributed by atoms with E-state index in [0.717, 1.165) is 25.7 Å². The maximum Gasteiger partial charge on any atom is 0.332 e. The molecule has 0 radical (unpaired) electrons. The van der Waals surface area contributed by atoms with Crippen molar-refractivity contribution in [3.8, 4) is 11.8 Å². The molecule has 0 spiro atoms. The second kappa shape index (κ2) is 13.8. The van der Waals surface area contributed by atoms with Crippen LogP contribution in [0.5, 0.6) is 0 Å². The molecule has 3 N–H and O–H groups in total. The molecule has 11 heteroatoms. The number of carboxylic acids is 1. The Bertz CT molecular complexity index is 779. The lowest BCUT2D eigenvalue weighted by molar-refractivity contribution is -0.152. The maximum absolute atomic E-state index is 12.7. The van der Waals surface area contributed by atoms with Crippen LogP contribution in [0, 0.1) is 29.6 Å². The highest BCUT2D eigenvalue weighted by molar-refractivity contribution is 5.76. The minimum atomic E-state index is -1.13.